The van der Waals surface area contributed by atoms with Crippen LogP contribution in [0.15, 0.2) is 36.7 Å². The fourth-order valence-electron chi connectivity index (χ4n) is 2.97. The van der Waals surface area contributed by atoms with Gasteiger partial charge >= 0.3 is 5.69 Å². The van der Waals surface area contributed by atoms with Crippen molar-refractivity contribution < 1.29 is 9.72 Å². The van der Waals surface area contributed by atoms with Crippen LogP contribution in [0.25, 0.3) is 0 Å². The molecular formula is C19H22N6O3. The zero-order valence-electron chi connectivity index (χ0n) is 16.0. The average Bonchev–Trinajstić information content (AvgIpc) is 3.23. The molecule has 3 rings (SSSR count). The summed E-state index contributed by atoms with van der Waals surface area (Å²) in [6, 6.07) is 8.12. The van der Waals surface area contributed by atoms with Crippen molar-refractivity contribution in [3.05, 3.63) is 69.3 Å². The number of rotatable bonds is 7. The maximum Gasteiger partial charge on any atom is 0.306 e. The zero-order valence-corrected chi connectivity index (χ0v) is 16.0. The lowest BCUT2D eigenvalue weighted by Crippen LogP contribution is -2.16. The van der Waals surface area contributed by atoms with E-state index in [1.54, 1.807) is 0 Å². The third kappa shape index (κ3) is 4.25. The first-order valence-corrected chi connectivity index (χ1v) is 8.90. The van der Waals surface area contributed by atoms with E-state index in [9.17, 15) is 14.9 Å². The molecule has 2 heterocycles. The van der Waals surface area contributed by atoms with Crippen molar-refractivity contribution in [2.24, 2.45) is 0 Å². The van der Waals surface area contributed by atoms with E-state index in [-0.39, 0.29) is 24.6 Å². The van der Waals surface area contributed by atoms with Crippen molar-refractivity contribution in [2.75, 3.05) is 5.32 Å². The lowest BCUT2D eigenvalue weighted by atomic mass is 10.1. The Balaban J connectivity index is 1.65. The SMILES string of the molecule is Cc1ccccc1Cn1nc(C)c(NC(=O)CCn2cc([N+](=O)[O-])cn2)c1C. The highest BCUT2D eigenvalue weighted by molar-refractivity contribution is 5.91. The first-order valence-electron chi connectivity index (χ1n) is 8.90. The molecule has 28 heavy (non-hydrogen) atoms. The van der Waals surface area contributed by atoms with Gasteiger partial charge in [0.15, 0.2) is 0 Å². The number of aromatic nitrogens is 4. The van der Waals surface area contributed by atoms with Gasteiger partial charge in [0, 0.05) is 13.0 Å². The summed E-state index contributed by atoms with van der Waals surface area (Å²) in [6.45, 7) is 6.73. The van der Waals surface area contributed by atoms with Crippen LogP contribution in [0, 0.1) is 30.9 Å². The summed E-state index contributed by atoms with van der Waals surface area (Å²) >= 11 is 0. The van der Waals surface area contributed by atoms with Crippen LogP contribution < -0.4 is 5.32 Å². The number of aryl methyl sites for hydroxylation is 3. The Kier molecular flexibility index (Phi) is 5.53. The van der Waals surface area contributed by atoms with Crippen LogP contribution in [0.1, 0.15) is 28.9 Å². The van der Waals surface area contributed by atoms with Crippen LogP contribution in [-0.2, 0) is 17.9 Å². The Labute approximate surface area is 162 Å². The number of amides is 1. The van der Waals surface area contributed by atoms with Gasteiger partial charge in [0.2, 0.25) is 5.91 Å². The zero-order chi connectivity index (χ0) is 20.3. The summed E-state index contributed by atoms with van der Waals surface area (Å²) in [4.78, 5) is 22.5. The first kappa shape index (κ1) is 19.3. The smallest absolute Gasteiger partial charge is 0.306 e. The summed E-state index contributed by atoms with van der Waals surface area (Å²) in [7, 11) is 0. The van der Waals surface area contributed by atoms with Crippen LogP contribution in [-0.4, -0.2) is 30.4 Å². The van der Waals surface area contributed by atoms with E-state index in [1.165, 1.54) is 28.2 Å². The molecule has 3 aromatic rings. The van der Waals surface area contributed by atoms with Gasteiger partial charge in [-0.1, -0.05) is 24.3 Å². The lowest BCUT2D eigenvalue weighted by molar-refractivity contribution is -0.385. The molecule has 0 radical (unpaired) electrons. The fourth-order valence-corrected chi connectivity index (χ4v) is 2.97. The predicted octanol–water partition coefficient (Wildman–Crippen LogP) is 2.99. The molecule has 0 saturated carbocycles. The van der Waals surface area contributed by atoms with Gasteiger partial charge in [-0.3, -0.25) is 24.3 Å². The molecule has 9 nitrogen and oxygen atoms in total. The van der Waals surface area contributed by atoms with E-state index in [0.717, 1.165) is 11.4 Å². The maximum absolute atomic E-state index is 12.3. The molecule has 2 aromatic heterocycles. The number of nitrogens with zero attached hydrogens (tertiary/aromatic N) is 5. The molecule has 9 heteroatoms. The number of nitrogens with one attached hydrogen (secondary N) is 1. The number of benzene rings is 1. The van der Waals surface area contributed by atoms with Crippen LogP contribution in [0.2, 0.25) is 0 Å². The van der Waals surface area contributed by atoms with Gasteiger partial charge in [0.25, 0.3) is 0 Å². The van der Waals surface area contributed by atoms with Gasteiger partial charge in [-0.2, -0.15) is 10.2 Å². The van der Waals surface area contributed by atoms with Gasteiger partial charge in [-0.05, 0) is 31.9 Å². The number of nitro groups is 1. The monoisotopic (exact) mass is 382 g/mol. The minimum atomic E-state index is -0.515. The molecule has 1 N–H and O–H groups in total. The number of carbonyl (C=O) groups excluding carboxylic acids is 1. The molecule has 0 saturated heterocycles. The topological polar surface area (TPSA) is 108 Å². The van der Waals surface area contributed by atoms with Gasteiger partial charge in [-0.15, -0.1) is 0 Å². The van der Waals surface area contributed by atoms with Gasteiger partial charge < -0.3 is 5.32 Å². The Morgan fingerprint density at radius 1 is 1.25 bits per heavy atom. The van der Waals surface area contributed by atoms with Crippen molar-refractivity contribution in [2.45, 2.75) is 40.3 Å². The summed E-state index contributed by atoms with van der Waals surface area (Å²) in [5.74, 6) is -0.195. The van der Waals surface area contributed by atoms with Crippen molar-refractivity contribution in [1.29, 1.82) is 0 Å². The first-order chi connectivity index (χ1) is 13.3. The van der Waals surface area contributed by atoms with E-state index in [4.69, 9.17) is 0 Å². The maximum atomic E-state index is 12.3. The third-order valence-electron chi connectivity index (χ3n) is 4.63. The van der Waals surface area contributed by atoms with E-state index < -0.39 is 4.92 Å². The van der Waals surface area contributed by atoms with Crippen LogP contribution >= 0.6 is 0 Å². The molecule has 0 atom stereocenters. The van der Waals surface area contributed by atoms with Crippen LogP contribution in [0.5, 0.6) is 0 Å². The quantitative estimate of drug-likeness (QED) is 0.499. The van der Waals surface area contributed by atoms with Crippen molar-refractivity contribution in [1.82, 2.24) is 19.6 Å². The molecule has 0 aliphatic heterocycles. The summed E-state index contributed by atoms with van der Waals surface area (Å²) in [5.41, 5.74) is 4.59. The average molecular weight is 382 g/mol. The second kappa shape index (κ2) is 8.03. The number of carbonyl (C=O) groups is 1. The highest BCUT2D eigenvalue weighted by Gasteiger charge is 2.15. The van der Waals surface area contributed by atoms with Crippen LogP contribution in [0.3, 0.4) is 0 Å². The number of hydrogen-bond acceptors (Lipinski definition) is 5. The van der Waals surface area contributed by atoms with Gasteiger partial charge in [0.1, 0.15) is 12.4 Å². The standard InChI is InChI=1S/C19H22N6O3/c1-13-6-4-5-7-16(13)11-24-15(3)19(14(2)22-24)21-18(26)8-9-23-12-17(10-20-23)25(27)28/h4-7,10,12H,8-9,11H2,1-3H3,(H,21,26). The summed E-state index contributed by atoms with van der Waals surface area (Å²) in [6.07, 6.45) is 2.63. The van der Waals surface area contributed by atoms with Gasteiger partial charge in [0.05, 0.1) is 28.5 Å². The Hall–Kier alpha value is -3.49. The van der Waals surface area contributed by atoms with Crippen molar-refractivity contribution in [3.63, 3.8) is 0 Å². The summed E-state index contributed by atoms with van der Waals surface area (Å²) in [5, 5.41) is 22.0. The largest absolute Gasteiger partial charge is 0.323 e. The third-order valence-corrected chi connectivity index (χ3v) is 4.63. The molecule has 1 amide bonds. The van der Waals surface area contributed by atoms with E-state index >= 15 is 0 Å². The molecule has 1 aromatic carbocycles. The van der Waals surface area contributed by atoms with Crippen molar-refractivity contribution in [3.8, 4) is 0 Å². The molecule has 146 valence electrons. The minimum absolute atomic E-state index is 0.0930. The van der Waals surface area contributed by atoms with E-state index in [0.29, 0.717) is 12.2 Å². The Morgan fingerprint density at radius 2 is 2.00 bits per heavy atom. The highest BCUT2D eigenvalue weighted by atomic mass is 16.6. The van der Waals surface area contributed by atoms with Gasteiger partial charge in [-0.25, -0.2) is 0 Å². The molecule has 0 aliphatic carbocycles. The van der Waals surface area contributed by atoms with E-state index in [2.05, 4.69) is 34.6 Å². The normalized spacial score (nSPS) is 10.8. The molecule has 0 fully saturated rings. The molecular weight excluding hydrogens is 360 g/mol. The minimum Gasteiger partial charge on any atom is -0.323 e. The lowest BCUT2D eigenvalue weighted by Gasteiger charge is -2.09. The van der Waals surface area contributed by atoms with Crippen molar-refractivity contribution >= 4 is 17.3 Å². The second-order valence-electron chi connectivity index (χ2n) is 6.65. The Morgan fingerprint density at radius 3 is 2.68 bits per heavy atom. The second-order valence-corrected chi connectivity index (χ2v) is 6.65. The Bertz CT molecular complexity index is 1020. The molecule has 0 aliphatic rings. The number of hydrogen-bond donors (Lipinski definition) is 1. The summed E-state index contributed by atoms with van der Waals surface area (Å²) < 4.78 is 3.27. The molecule has 0 unspecified atom stereocenters. The molecule has 0 spiro atoms. The van der Waals surface area contributed by atoms with E-state index in [1.807, 2.05) is 30.7 Å². The van der Waals surface area contributed by atoms with Crippen LogP contribution in [0.4, 0.5) is 11.4 Å². The highest BCUT2D eigenvalue weighted by Crippen LogP contribution is 2.21. The number of anilines is 1. The fraction of sp³-hybridized carbons (Fsp3) is 0.316. The predicted molar refractivity (Wildman–Crippen MR) is 104 cm³/mol. The molecule has 0 bridgehead atoms.